The van der Waals surface area contributed by atoms with Gasteiger partial charge in [-0.2, -0.15) is 13.2 Å². The van der Waals surface area contributed by atoms with Crippen LogP contribution in [-0.4, -0.2) is 31.5 Å². The molecule has 0 spiro atoms. The van der Waals surface area contributed by atoms with E-state index in [0.717, 1.165) is 0 Å². The molecule has 0 aliphatic carbocycles. The average Bonchev–Trinajstić information content (AvgIpc) is 1.86. The Morgan fingerprint density at radius 3 is 2.36 bits per heavy atom. The van der Waals surface area contributed by atoms with E-state index in [1.54, 1.807) is 6.92 Å². The van der Waals surface area contributed by atoms with Crippen LogP contribution in [0.3, 0.4) is 0 Å². The van der Waals surface area contributed by atoms with Crippen LogP contribution in [0.2, 0.25) is 0 Å². The summed E-state index contributed by atoms with van der Waals surface area (Å²) in [6.07, 6.45) is -4.19. The Labute approximate surface area is 62.7 Å². The van der Waals surface area contributed by atoms with E-state index in [2.05, 4.69) is 5.32 Å². The highest BCUT2D eigenvalue weighted by molar-refractivity contribution is 4.81. The van der Waals surface area contributed by atoms with Crippen LogP contribution in [0.15, 0.2) is 0 Å². The van der Waals surface area contributed by atoms with Gasteiger partial charge in [0.2, 0.25) is 0 Å². The number of ether oxygens (including phenoxy) is 1. The molecule has 1 N–H and O–H groups in total. The third-order valence-electron chi connectivity index (χ3n) is 1.53. The fourth-order valence-corrected chi connectivity index (χ4v) is 0.991. The fraction of sp³-hybridized carbons (Fsp3) is 1.00. The lowest BCUT2D eigenvalue weighted by Gasteiger charge is -2.30. The molecular formula is C6H10F3NO. The normalized spacial score (nSPS) is 33.8. The van der Waals surface area contributed by atoms with Crippen molar-refractivity contribution in [3.8, 4) is 0 Å². The van der Waals surface area contributed by atoms with Crippen LogP contribution < -0.4 is 5.32 Å². The topological polar surface area (TPSA) is 21.3 Å². The lowest BCUT2D eigenvalue weighted by molar-refractivity contribution is -0.180. The van der Waals surface area contributed by atoms with E-state index >= 15 is 0 Å². The molecule has 0 aromatic rings. The van der Waals surface area contributed by atoms with Gasteiger partial charge in [0.1, 0.15) is 6.04 Å². The summed E-state index contributed by atoms with van der Waals surface area (Å²) in [5, 5.41) is 2.41. The van der Waals surface area contributed by atoms with Crippen molar-refractivity contribution in [3.05, 3.63) is 0 Å². The van der Waals surface area contributed by atoms with Gasteiger partial charge in [-0.15, -0.1) is 0 Å². The molecule has 2 atom stereocenters. The minimum Gasteiger partial charge on any atom is -0.378 e. The molecule has 66 valence electrons. The molecule has 1 rings (SSSR count). The number of hydrogen-bond donors (Lipinski definition) is 1. The molecule has 1 heterocycles. The van der Waals surface area contributed by atoms with Gasteiger partial charge >= 0.3 is 6.18 Å². The predicted octanol–water partition coefficient (Wildman–Crippen LogP) is 0.926. The Balaban J connectivity index is 2.46. The van der Waals surface area contributed by atoms with E-state index in [0.29, 0.717) is 6.61 Å². The van der Waals surface area contributed by atoms with Crippen LogP contribution in [0.25, 0.3) is 0 Å². The maximum absolute atomic E-state index is 12.0. The third-order valence-corrected chi connectivity index (χ3v) is 1.53. The molecule has 0 bridgehead atoms. The van der Waals surface area contributed by atoms with Gasteiger partial charge in [-0.3, -0.25) is 5.32 Å². The molecule has 5 heteroatoms. The highest BCUT2D eigenvalue weighted by Gasteiger charge is 2.41. The number of rotatable bonds is 0. The molecule has 1 saturated heterocycles. The number of alkyl halides is 3. The van der Waals surface area contributed by atoms with Crippen molar-refractivity contribution in [3.63, 3.8) is 0 Å². The molecule has 0 aromatic heterocycles. The monoisotopic (exact) mass is 169 g/mol. The Hall–Kier alpha value is -0.290. The minimum atomic E-state index is -4.19. The van der Waals surface area contributed by atoms with Crippen molar-refractivity contribution in [2.75, 3.05) is 13.2 Å². The number of morpholine rings is 1. The van der Waals surface area contributed by atoms with Crippen molar-refractivity contribution in [2.45, 2.75) is 25.2 Å². The zero-order chi connectivity index (χ0) is 8.48. The summed E-state index contributed by atoms with van der Waals surface area (Å²) in [6, 6.07) is -1.71. The minimum absolute atomic E-state index is 0.213. The van der Waals surface area contributed by atoms with E-state index < -0.39 is 12.2 Å². The summed E-state index contributed by atoms with van der Waals surface area (Å²) < 4.78 is 40.7. The quantitative estimate of drug-likeness (QED) is 0.582. The van der Waals surface area contributed by atoms with Crippen LogP contribution >= 0.6 is 0 Å². The van der Waals surface area contributed by atoms with Crippen molar-refractivity contribution < 1.29 is 17.9 Å². The molecule has 0 saturated carbocycles. The molecule has 0 radical (unpaired) electrons. The standard InChI is InChI=1S/C6H10F3NO/c1-4-2-11-3-5(10-4)6(7,8)9/h4-5,10H,2-3H2,1H3. The zero-order valence-electron chi connectivity index (χ0n) is 6.11. The summed E-state index contributed by atoms with van der Waals surface area (Å²) in [5.41, 5.74) is 0. The lowest BCUT2D eigenvalue weighted by Crippen LogP contribution is -2.54. The summed E-state index contributed by atoms with van der Waals surface area (Å²) >= 11 is 0. The van der Waals surface area contributed by atoms with Gasteiger partial charge in [-0.25, -0.2) is 0 Å². The maximum Gasteiger partial charge on any atom is 0.406 e. The molecule has 2 unspecified atom stereocenters. The van der Waals surface area contributed by atoms with E-state index in [4.69, 9.17) is 4.74 Å². The molecule has 11 heavy (non-hydrogen) atoms. The summed E-state index contributed by atoms with van der Waals surface area (Å²) in [5.74, 6) is 0. The maximum atomic E-state index is 12.0. The first kappa shape index (κ1) is 8.80. The molecule has 1 aliphatic heterocycles. The van der Waals surface area contributed by atoms with Gasteiger partial charge in [0.25, 0.3) is 0 Å². The molecule has 0 amide bonds. The van der Waals surface area contributed by atoms with Gasteiger partial charge in [0.05, 0.1) is 13.2 Å². The van der Waals surface area contributed by atoms with Crippen LogP contribution in [0.1, 0.15) is 6.92 Å². The van der Waals surface area contributed by atoms with Crippen LogP contribution in [0.4, 0.5) is 13.2 Å². The molecular weight excluding hydrogens is 159 g/mol. The second-order valence-electron chi connectivity index (χ2n) is 2.70. The van der Waals surface area contributed by atoms with Crippen molar-refractivity contribution in [1.82, 2.24) is 5.32 Å². The van der Waals surface area contributed by atoms with Crippen molar-refractivity contribution in [1.29, 1.82) is 0 Å². The predicted molar refractivity (Wildman–Crippen MR) is 33.3 cm³/mol. The first-order chi connectivity index (χ1) is 5.00. The van der Waals surface area contributed by atoms with Crippen LogP contribution in [0.5, 0.6) is 0 Å². The van der Waals surface area contributed by atoms with E-state index in [1.165, 1.54) is 0 Å². The second-order valence-corrected chi connectivity index (χ2v) is 2.70. The SMILES string of the molecule is CC1COCC(C(F)(F)F)N1. The van der Waals surface area contributed by atoms with Gasteiger partial charge < -0.3 is 4.74 Å². The number of hydrogen-bond acceptors (Lipinski definition) is 2. The van der Waals surface area contributed by atoms with Crippen molar-refractivity contribution >= 4 is 0 Å². The molecule has 0 aromatic carbocycles. The second kappa shape index (κ2) is 2.98. The summed E-state index contributed by atoms with van der Waals surface area (Å²) in [6.45, 7) is 1.75. The number of halogens is 3. The van der Waals surface area contributed by atoms with Crippen LogP contribution in [-0.2, 0) is 4.74 Å². The Morgan fingerprint density at radius 1 is 1.36 bits per heavy atom. The highest BCUT2D eigenvalue weighted by Crippen LogP contribution is 2.22. The molecule has 1 fully saturated rings. The molecule has 2 nitrogen and oxygen atoms in total. The lowest BCUT2D eigenvalue weighted by atomic mass is 10.2. The number of nitrogens with one attached hydrogen (secondary N) is 1. The molecule has 1 aliphatic rings. The Kier molecular flexibility index (Phi) is 2.39. The zero-order valence-corrected chi connectivity index (χ0v) is 6.11. The summed E-state index contributed by atoms with van der Waals surface area (Å²) in [4.78, 5) is 0. The Morgan fingerprint density at radius 2 is 2.00 bits per heavy atom. The fourth-order valence-electron chi connectivity index (χ4n) is 0.991. The smallest absolute Gasteiger partial charge is 0.378 e. The summed E-state index contributed by atoms with van der Waals surface area (Å²) in [7, 11) is 0. The van der Waals surface area contributed by atoms with Gasteiger partial charge in [0, 0.05) is 6.04 Å². The van der Waals surface area contributed by atoms with Crippen molar-refractivity contribution in [2.24, 2.45) is 0 Å². The largest absolute Gasteiger partial charge is 0.406 e. The van der Waals surface area contributed by atoms with Gasteiger partial charge in [0.15, 0.2) is 0 Å². The first-order valence-corrected chi connectivity index (χ1v) is 3.40. The Bertz CT molecular complexity index is 136. The van der Waals surface area contributed by atoms with E-state index in [9.17, 15) is 13.2 Å². The van der Waals surface area contributed by atoms with Gasteiger partial charge in [-0.1, -0.05) is 0 Å². The van der Waals surface area contributed by atoms with E-state index in [-0.39, 0.29) is 12.6 Å². The highest BCUT2D eigenvalue weighted by atomic mass is 19.4. The first-order valence-electron chi connectivity index (χ1n) is 3.40. The average molecular weight is 169 g/mol. The van der Waals surface area contributed by atoms with Crippen LogP contribution in [0, 0.1) is 0 Å². The van der Waals surface area contributed by atoms with Gasteiger partial charge in [-0.05, 0) is 6.92 Å². The third kappa shape index (κ3) is 2.34. The van der Waals surface area contributed by atoms with E-state index in [1.807, 2.05) is 0 Å².